The number of nitrogens with zero attached hydrogens (tertiary/aromatic N) is 2. The van der Waals surface area contributed by atoms with Gasteiger partial charge in [0.1, 0.15) is 10.6 Å². The second kappa shape index (κ2) is 4.28. The maximum Gasteiger partial charge on any atom is 0.240 e. The number of hydrazine groups is 1. The Bertz CT molecular complexity index is 631. The lowest BCUT2D eigenvalue weighted by Gasteiger charge is -2.06. The van der Waals surface area contributed by atoms with Crippen molar-refractivity contribution in [1.29, 1.82) is 0 Å². The molecule has 86 valence electrons. The third kappa shape index (κ3) is 1.95. The predicted molar refractivity (Wildman–Crippen MR) is 72.8 cm³/mol. The molecule has 3 rings (SSSR count). The number of hydrogen-bond acceptors (Lipinski definition) is 7. The van der Waals surface area contributed by atoms with Crippen LogP contribution in [0.2, 0.25) is 0 Å². The molecule has 0 radical (unpaired) electrons. The summed E-state index contributed by atoms with van der Waals surface area (Å²) in [6.45, 7) is 0. The monoisotopic (exact) mass is 263 g/mol. The highest BCUT2D eigenvalue weighted by molar-refractivity contribution is 7.16. The molecule has 17 heavy (non-hydrogen) atoms. The van der Waals surface area contributed by atoms with Crippen molar-refractivity contribution >= 4 is 50.3 Å². The van der Waals surface area contributed by atoms with E-state index in [0.29, 0.717) is 5.95 Å². The number of rotatable bonds is 3. The molecule has 0 saturated carbocycles. The van der Waals surface area contributed by atoms with Crippen molar-refractivity contribution in [2.45, 2.75) is 0 Å². The van der Waals surface area contributed by atoms with E-state index >= 15 is 0 Å². The van der Waals surface area contributed by atoms with E-state index in [9.17, 15) is 0 Å². The Morgan fingerprint density at radius 3 is 2.88 bits per heavy atom. The summed E-state index contributed by atoms with van der Waals surface area (Å²) in [6, 6.07) is 4.00. The van der Waals surface area contributed by atoms with Crippen LogP contribution in [0.3, 0.4) is 0 Å². The minimum Gasteiger partial charge on any atom is -0.339 e. The first-order chi connectivity index (χ1) is 8.36. The van der Waals surface area contributed by atoms with Gasteiger partial charge in [0, 0.05) is 5.38 Å². The minimum atomic E-state index is 0.415. The Kier molecular flexibility index (Phi) is 2.63. The van der Waals surface area contributed by atoms with Crippen molar-refractivity contribution in [3.8, 4) is 0 Å². The number of nitrogens with one attached hydrogen (secondary N) is 2. The second-order valence-electron chi connectivity index (χ2n) is 3.32. The van der Waals surface area contributed by atoms with Crippen LogP contribution >= 0.6 is 22.7 Å². The van der Waals surface area contributed by atoms with Gasteiger partial charge >= 0.3 is 0 Å². The molecule has 3 heterocycles. The van der Waals surface area contributed by atoms with Gasteiger partial charge in [-0.2, -0.15) is 16.3 Å². The third-order valence-electron chi connectivity index (χ3n) is 2.24. The average Bonchev–Trinajstić information content (AvgIpc) is 2.98. The summed E-state index contributed by atoms with van der Waals surface area (Å²) in [5.74, 6) is 6.54. The molecule has 3 aromatic heterocycles. The Labute approximate surface area is 105 Å². The summed E-state index contributed by atoms with van der Waals surface area (Å²) >= 11 is 3.19. The van der Waals surface area contributed by atoms with Crippen LogP contribution in [0.25, 0.3) is 10.2 Å². The highest BCUT2D eigenvalue weighted by atomic mass is 32.1. The maximum absolute atomic E-state index is 5.36. The van der Waals surface area contributed by atoms with Crippen LogP contribution < -0.4 is 16.6 Å². The molecule has 0 unspecified atom stereocenters. The van der Waals surface area contributed by atoms with Crippen molar-refractivity contribution < 1.29 is 0 Å². The van der Waals surface area contributed by atoms with Gasteiger partial charge in [0.25, 0.3) is 0 Å². The lowest BCUT2D eigenvalue weighted by atomic mass is 10.3. The Morgan fingerprint density at radius 1 is 1.18 bits per heavy atom. The van der Waals surface area contributed by atoms with E-state index in [4.69, 9.17) is 5.84 Å². The van der Waals surface area contributed by atoms with Crippen molar-refractivity contribution in [1.82, 2.24) is 9.97 Å². The standard InChI is InChI=1S/C10H9N5S2/c11-15-10-13-8(12-6-1-3-16-5-6)7-2-4-17-9(7)14-10/h1-5H,11H2,(H2,12,13,14,15). The number of nitrogens with two attached hydrogens (primary N) is 1. The van der Waals surface area contributed by atoms with Crippen LogP contribution in [0.15, 0.2) is 28.3 Å². The zero-order valence-electron chi connectivity index (χ0n) is 8.68. The molecule has 0 atom stereocenters. The quantitative estimate of drug-likeness (QED) is 0.500. The van der Waals surface area contributed by atoms with Gasteiger partial charge in [-0.3, -0.25) is 5.43 Å². The van der Waals surface area contributed by atoms with E-state index in [0.717, 1.165) is 21.7 Å². The fraction of sp³-hybridized carbons (Fsp3) is 0. The number of nitrogen functional groups attached to an aromatic ring is 1. The summed E-state index contributed by atoms with van der Waals surface area (Å²) in [5.41, 5.74) is 3.49. The molecule has 0 spiro atoms. The largest absolute Gasteiger partial charge is 0.339 e. The van der Waals surface area contributed by atoms with Crippen molar-refractivity contribution in [3.05, 3.63) is 28.3 Å². The van der Waals surface area contributed by atoms with Crippen LogP contribution in [0, 0.1) is 0 Å². The molecule has 0 fully saturated rings. The summed E-state index contributed by atoms with van der Waals surface area (Å²) in [7, 11) is 0. The molecule has 3 aromatic rings. The van der Waals surface area contributed by atoms with Crippen LogP contribution in [0.4, 0.5) is 17.5 Å². The smallest absolute Gasteiger partial charge is 0.240 e. The summed E-state index contributed by atoms with van der Waals surface area (Å²) in [6.07, 6.45) is 0. The zero-order chi connectivity index (χ0) is 11.7. The average molecular weight is 263 g/mol. The van der Waals surface area contributed by atoms with E-state index in [2.05, 4.69) is 20.7 Å². The number of aromatic nitrogens is 2. The summed E-state index contributed by atoms with van der Waals surface area (Å²) < 4.78 is 0. The van der Waals surface area contributed by atoms with Crippen LogP contribution in [0.5, 0.6) is 0 Å². The van der Waals surface area contributed by atoms with Gasteiger partial charge in [-0.15, -0.1) is 11.3 Å². The molecule has 0 aliphatic carbocycles. The van der Waals surface area contributed by atoms with E-state index in [1.807, 2.05) is 28.3 Å². The molecule has 7 heteroatoms. The Balaban J connectivity index is 2.10. The molecule has 4 N–H and O–H groups in total. The lowest BCUT2D eigenvalue weighted by molar-refractivity contribution is 1.16. The van der Waals surface area contributed by atoms with Gasteiger partial charge in [0.05, 0.1) is 11.1 Å². The van der Waals surface area contributed by atoms with Crippen LogP contribution in [0.1, 0.15) is 0 Å². The molecule has 5 nitrogen and oxygen atoms in total. The highest BCUT2D eigenvalue weighted by Crippen LogP contribution is 2.28. The highest BCUT2D eigenvalue weighted by Gasteiger charge is 2.08. The molecule has 0 aliphatic heterocycles. The normalized spacial score (nSPS) is 10.6. The summed E-state index contributed by atoms with van der Waals surface area (Å²) in [4.78, 5) is 9.51. The summed E-state index contributed by atoms with van der Waals surface area (Å²) in [5, 5.41) is 10.3. The van der Waals surface area contributed by atoms with Gasteiger partial charge in [0.15, 0.2) is 0 Å². The zero-order valence-corrected chi connectivity index (χ0v) is 10.3. The number of hydrogen-bond donors (Lipinski definition) is 3. The molecule has 0 aliphatic rings. The number of fused-ring (bicyclic) bond motifs is 1. The van der Waals surface area contributed by atoms with E-state index < -0.39 is 0 Å². The van der Waals surface area contributed by atoms with E-state index in [-0.39, 0.29) is 0 Å². The van der Waals surface area contributed by atoms with E-state index in [1.54, 1.807) is 22.7 Å². The maximum atomic E-state index is 5.36. The molecule has 0 amide bonds. The third-order valence-corrected chi connectivity index (χ3v) is 3.73. The van der Waals surface area contributed by atoms with Crippen LogP contribution in [-0.4, -0.2) is 9.97 Å². The first-order valence-electron chi connectivity index (χ1n) is 4.88. The lowest BCUT2D eigenvalue weighted by Crippen LogP contribution is -2.11. The van der Waals surface area contributed by atoms with Gasteiger partial charge < -0.3 is 5.32 Å². The molecule has 0 saturated heterocycles. The Hall–Kier alpha value is -1.70. The topological polar surface area (TPSA) is 75.9 Å². The molecular formula is C10H9N5S2. The van der Waals surface area contributed by atoms with E-state index in [1.165, 1.54) is 0 Å². The first kappa shape index (κ1) is 10.5. The molecule has 0 aromatic carbocycles. The van der Waals surface area contributed by atoms with Crippen molar-refractivity contribution in [2.24, 2.45) is 5.84 Å². The van der Waals surface area contributed by atoms with Crippen LogP contribution in [-0.2, 0) is 0 Å². The van der Waals surface area contributed by atoms with Crippen molar-refractivity contribution in [3.63, 3.8) is 0 Å². The number of anilines is 3. The van der Waals surface area contributed by atoms with Gasteiger partial charge in [-0.25, -0.2) is 10.8 Å². The fourth-order valence-corrected chi connectivity index (χ4v) is 2.84. The van der Waals surface area contributed by atoms with Crippen molar-refractivity contribution in [2.75, 3.05) is 10.7 Å². The van der Waals surface area contributed by atoms with Gasteiger partial charge in [-0.1, -0.05) is 0 Å². The minimum absolute atomic E-state index is 0.415. The first-order valence-corrected chi connectivity index (χ1v) is 6.70. The Morgan fingerprint density at radius 2 is 2.12 bits per heavy atom. The molecule has 0 bridgehead atoms. The molecular weight excluding hydrogens is 254 g/mol. The second-order valence-corrected chi connectivity index (χ2v) is 4.99. The van der Waals surface area contributed by atoms with Gasteiger partial charge in [-0.05, 0) is 22.9 Å². The predicted octanol–water partition coefficient (Wildman–Crippen LogP) is 2.78. The van der Waals surface area contributed by atoms with Gasteiger partial charge in [0.2, 0.25) is 5.95 Å². The SMILES string of the molecule is NNc1nc(Nc2ccsc2)c2ccsc2n1. The fourth-order valence-electron chi connectivity index (χ4n) is 1.49. The number of thiophene rings is 2.